The third-order valence-corrected chi connectivity index (χ3v) is 3.82. The van der Waals surface area contributed by atoms with Gasteiger partial charge in [0, 0.05) is 19.3 Å². The van der Waals surface area contributed by atoms with E-state index in [2.05, 4.69) is 0 Å². The van der Waals surface area contributed by atoms with Crippen molar-refractivity contribution in [2.75, 3.05) is 19.9 Å². The van der Waals surface area contributed by atoms with Crippen LogP contribution in [-0.4, -0.2) is 53.5 Å². The summed E-state index contributed by atoms with van der Waals surface area (Å²) in [5.41, 5.74) is 0. The van der Waals surface area contributed by atoms with E-state index in [0.717, 1.165) is 0 Å². The van der Waals surface area contributed by atoms with Crippen LogP contribution >= 0.6 is 7.25 Å². The van der Waals surface area contributed by atoms with Crippen molar-refractivity contribution in [2.24, 2.45) is 0 Å². The van der Waals surface area contributed by atoms with Crippen LogP contribution in [0.25, 0.3) is 0 Å². The molecule has 82 valence electrons. The van der Waals surface area contributed by atoms with Crippen molar-refractivity contribution in [1.29, 1.82) is 0 Å². The van der Waals surface area contributed by atoms with E-state index in [1.165, 1.54) is 0 Å². The Bertz CT molecular complexity index is 251. The van der Waals surface area contributed by atoms with E-state index in [0.29, 0.717) is 19.2 Å². The van der Waals surface area contributed by atoms with Crippen LogP contribution in [0, 0.1) is 0 Å². The molecule has 0 aromatic carbocycles. The molecular weight excluding hydrogens is 213 g/mol. The van der Waals surface area contributed by atoms with Crippen molar-refractivity contribution in [3.05, 3.63) is 0 Å². The van der Waals surface area contributed by atoms with E-state index < -0.39 is 13.3 Å². The molecule has 0 aromatic heterocycles. The molecule has 1 unspecified atom stereocenters. The molecule has 1 rings (SSSR count). The zero-order chi connectivity index (χ0) is 11.5. The average molecular weight is 228 g/mol. The van der Waals surface area contributed by atoms with Gasteiger partial charge in [-0.3, -0.25) is 0 Å². The minimum Gasteiger partial charge on any atom is -0.382 e. The Hall–Kier alpha value is 0.240. The van der Waals surface area contributed by atoms with Gasteiger partial charge in [0.1, 0.15) is 21.2 Å². The van der Waals surface area contributed by atoms with Gasteiger partial charge in [-0.2, -0.15) is 0 Å². The minimum absolute atomic E-state index is 0.284. The molecule has 0 amide bonds. The van der Waals surface area contributed by atoms with Gasteiger partial charge in [0.2, 0.25) is 7.57 Å². The summed E-state index contributed by atoms with van der Waals surface area (Å²) in [6, 6.07) is -0.396. The van der Waals surface area contributed by atoms with E-state index in [9.17, 15) is 4.57 Å². The van der Waals surface area contributed by atoms with Crippen molar-refractivity contribution in [2.45, 2.75) is 31.6 Å². The summed E-state index contributed by atoms with van der Waals surface area (Å²) >= 11 is 0. The zero-order valence-electron chi connectivity index (χ0n) is 9.09. The highest BCUT2D eigenvalue weighted by Crippen LogP contribution is 2.44. The predicted octanol–water partition coefficient (Wildman–Crippen LogP) is 0.683. The normalized spacial score (nSPS) is 35.2. The van der Waals surface area contributed by atoms with Gasteiger partial charge in [0.25, 0.3) is 0 Å². The highest BCUT2D eigenvalue weighted by atomic mass is 31.2. The standard InChI is InChI=1S/C8H15B2O4P/c1-3-15(10,11)14-6-4-8(9)13-7(6)5-12-2/h6-8H,3-5H2,1-2H3/t6-,7-,8-,15?/m1/s1. The topological polar surface area (TPSA) is 44.8 Å². The number of hydrogen-bond donors (Lipinski definition) is 0. The van der Waals surface area contributed by atoms with Crippen LogP contribution in [0.2, 0.25) is 0 Å². The number of methoxy groups -OCH3 is 1. The first-order chi connectivity index (χ1) is 6.98. The molecule has 1 saturated heterocycles. The van der Waals surface area contributed by atoms with Crippen molar-refractivity contribution < 1.29 is 18.6 Å². The second-order valence-corrected chi connectivity index (χ2v) is 5.89. The van der Waals surface area contributed by atoms with Crippen LogP contribution in [0.1, 0.15) is 13.3 Å². The van der Waals surface area contributed by atoms with Crippen molar-refractivity contribution >= 4 is 22.7 Å². The fourth-order valence-corrected chi connectivity index (χ4v) is 2.30. The van der Waals surface area contributed by atoms with E-state index in [-0.39, 0.29) is 12.2 Å². The van der Waals surface area contributed by atoms with Crippen LogP contribution in [-0.2, 0) is 18.6 Å². The summed E-state index contributed by atoms with van der Waals surface area (Å²) in [5.74, 6) is 0. The van der Waals surface area contributed by atoms with Crippen LogP contribution < -0.4 is 0 Å². The van der Waals surface area contributed by atoms with E-state index in [1.807, 2.05) is 0 Å². The molecule has 15 heavy (non-hydrogen) atoms. The van der Waals surface area contributed by atoms with Crippen LogP contribution in [0.4, 0.5) is 0 Å². The number of ether oxygens (including phenoxy) is 2. The van der Waals surface area contributed by atoms with E-state index in [4.69, 9.17) is 29.4 Å². The molecule has 0 N–H and O–H groups in total. The van der Waals surface area contributed by atoms with E-state index in [1.54, 1.807) is 14.0 Å². The Labute approximate surface area is 93.3 Å². The van der Waals surface area contributed by atoms with Gasteiger partial charge >= 0.3 is 0 Å². The molecule has 1 heterocycles. The van der Waals surface area contributed by atoms with Gasteiger partial charge in [-0.25, -0.2) is 0 Å². The molecule has 0 aromatic rings. The summed E-state index contributed by atoms with van der Waals surface area (Å²) < 4.78 is 27.3. The van der Waals surface area contributed by atoms with Crippen molar-refractivity contribution in [3.63, 3.8) is 0 Å². The summed E-state index contributed by atoms with van der Waals surface area (Å²) in [5, 5.41) is 0. The lowest BCUT2D eigenvalue weighted by Gasteiger charge is -2.22. The predicted molar refractivity (Wildman–Crippen MR) is 59.7 cm³/mol. The van der Waals surface area contributed by atoms with Crippen molar-refractivity contribution in [3.8, 4) is 0 Å². The lowest BCUT2D eigenvalue weighted by Crippen LogP contribution is -2.28. The molecular formula is C8H15B2O4P. The summed E-state index contributed by atoms with van der Waals surface area (Å²) in [6.07, 6.45) is 0.178. The molecule has 1 aliphatic heterocycles. The summed E-state index contributed by atoms with van der Waals surface area (Å²) in [4.78, 5) is 0. The largest absolute Gasteiger partial charge is 0.382 e. The zero-order valence-corrected chi connectivity index (χ0v) is 9.98. The first-order valence-electron chi connectivity index (χ1n) is 4.94. The molecule has 0 bridgehead atoms. The lowest BCUT2D eigenvalue weighted by molar-refractivity contribution is -0.00911. The monoisotopic (exact) mass is 228 g/mol. The van der Waals surface area contributed by atoms with Crippen LogP contribution in [0.5, 0.6) is 0 Å². The van der Waals surface area contributed by atoms with E-state index >= 15 is 0 Å². The number of hydrogen-bond acceptors (Lipinski definition) is 4. The maximum atomic E-state index is 11.6. The molecule has 4 radical (unpaired) electrons. The Morgan fingerprint density at radius 3 is 2.80 bits per heavy atom. The minimum atomic E-state index is -3.00. The maximum absolute atomic E-state index is 11.6. The van der Waals surface area contributed by atoms with Gasteiger partial charge in [-0.15, -0.1) is 0 Å². The molecule has 4 nitrogen and oxygen atoms in total. The second kappa shape index (κ2) is 5.53. The van der Waals surface area contributed by atoms with Crippen LogP contribution in [0.3, 0.4) is 0 Å². The Morgan fingerprint density at radius 2 is 2.27 bits per heavy atom. The summed E-state index contributed by atoms with van der Waals surface area (Å²) in [6.45, 7) is 2.09. The van der Waals surface area contributed by atoms with Gasteiger partial charge in [0.05, 0.1) is 12.7 Å². The SMILES string of the molecule is [B][C@H]1C[C@@H](OP([B])(=O)CC)[C@@H](COC)O1. The smallest absolute Gasteiger partial charge is 0.202 e. The number of rotatable bonds is 5. The third-order valence-electron chi connectivity index (χ3n) is 2.31. The lowest BCUT2D eigenvalue weighted by atomic mass is 9.96. The molecule has 7 heteroatoms. The van der Waals surface area contributed by atoms with Gasteiger partial charge < -0.3 is 18.6 Å². The molecule has 0 saturated carbocycles. The Kier molecular flexibility index (Phi) is 4.91. The van der Waals surface area contributed by atoms with Crippen molar-refractivity contribution in [1.82, 2.24) is 0 Å². The van der Waals surface area contributed by atoms with Gasteiger partial charge in [-0.1, -0.05) is 6.92 Å². The Balaban J connectivity index is 2.55. The maximum Gasteiger partial charge on any atom is 0.202 e. The Morgan fingerprint density at radius 1 is 1.60 bits per heavy atom. The molecule has 0 spiro atoms. The van der Waals surface area contributed by atoms with Crippen LogP contribution in [0.15, 0.2) is 0 Å². The highest BCUT2D eigenvalue weighted by Gasteiger charge is 2.36. The highest BCUT2D eigenvalue weighted by molar-refractivity contribution is 7.83. The van der Waals surface area contributed by atoms with Gasteiger partial charge in [0.15, 0.2) is 0 Å². The first kappa shape index (κ1) is 13.3. The molecule has 0 aliphatic carbocycles. The average Bonchev–Trinajstić information content (AvgIpc) is 2.47. The summed E-state index contributed by atoms with van der Waals surface area (Å²) in [7, 11) is 9.67. The fourth-order valence-electron chi connectivity index (χ4n) is 1.47. The molecule has 4 atom stereocenters. The fraction of sp³-hybridized carbons (Fsp3) is 1.00. The molecule has 1 fully saturated rings. The third kappa shape index (κ3) is 3.95. The molecule has 1 aliphatic rings. The van der Waals surface area contributed by atoms with Gasteiger partial charge in [-0.05, 0) is 6.42 Å². The second-order valence-electron chi connectivity index (χ2n) is 3.59. The first-order valence-corrected chi connectivity index (χ1v) is 6.82. The quantitative estimate of drug-likeness (QED) is 0.512.